The third-order valence-electron chi connectivity index (χ3n) is 8.14. The van der Waals surface area contributed by atoms with E-state index < -0.39 is 0 Å². The van der Waals surface area contributed by atoms with Crippen LogP contribution in [0.25, 0.3) is 21.8 Å². The fourth-order valence-corrected chi connectivity index (χ4v) is 5.90. The zero-order chi connectivity index (χ0) is 30.8. The summed E-state index contributed by atoms with van der Waals surface area (Å²) in [4.78, 5) is 4.39. The van der Waals surface area contributed by atoms with Crippen molar-refractivity contribution in [3.8, 4) is 0 Å². The minimum atomic E-state index is -0.212. The Morgan fingerprint density at radius 2 is 0.977 bits per heavy atom. The van der Waals surface area contributed by atoms with Crippen LogP contribution in [0.5, 0.6) is 0 Å². The van der Waals surface area contributed by atoms with Gasteiger partial charge >= 0.3 is 28.4 Å². The first-order valence-corrected chi connectivity index (χ1v) is 15.5. The topological polar surface area (TPSA) is 20.1 Å². The van der Waals surface area contributed by atoms with Crippen molar-refractivity contribution >= 4 is 39.2 Å². The molecule has 1 aromatic heterocycles. The number of hydrogen-bond acceptors (Lipinski definition) is 0. The quantitative estimate of drug-likeness (QED) is 0.124. The molecule has 0 unspecified atom stereocenters. The summed E-state index contributed by atoms with van der Waals surface area (Å²) in [5, 5.41) is 1.91. The van der Waals surface area contributed by atoms with Crippen molar-refractivity contribution in [1.29, 1.82) is 0 Å². The van der Waals surface area contributed by atoms with Crippen molar-refractivity contribution < 1.29 is 35.9 Å². The maximum absolute atomic E-state index is 13.0. The molecule has 0 saturated heterocycles. The predicted octanol–water partition coefficient (Wildman–Crippen LogP) is 10.9. The fraction of sp³-hybridized carbons (Fsp3) is 0.308. The zero-order valence-corrected chi connectivity index (χ0v) is 29.2. The second-order valence-electron chi connectivity index (χ2n) is 12.6. The van der Waals surface area contributed by atoms with E-state index in [-0.39, 0.29) is 28.2 Å². The molecule has 0 N–H and O–H groups in total. The third-order valence-corrected chi connectivity index (χ3v) is 8.14. The molecule has 0 atom stereocenters. The molecule has 2 heterocycles. The molecule has 230 valence electrons. The van der Waals surface area contributed by atoms with Gasteiger partial charge in [-0.2, -0.15) is 0 Å². The van der Waals surface area contributed by atoms with E-state index in [9.17, 15) is 4.39 Å². The molecule has 6 rings (SSSR count). The maximum Gasteiger partial charge on any atom is 1.00 e. The molecule has 0 bridgehead atoms. The molecule has 4 aromatic carbocycles. The molecule has 0 spiro atoms. The number of rotatable bonds is 6. The van der Waals surface area contributed by atoms with E-state index in [1.807, 2.05) is 24.3 Å². The van der Waals surface area contributed by atoms with Crippen molar-refractivity contribution in [3.63, 3.8) is 0 Å². The van der Waals surface area contributed by atoms with E-state index in [2.05, 4.69) is 124 Å². The van der Waals surface area contributed by atoms with E-state index in [0.29, 0.717) is 23.7 Å². The first-order chi connectivity index (χ1) is 20.6. The Kier molecular flexibility index (Phi) is 10.7. The van der Waals surface area contributed by atoms with Crippen molar-refractivity contribution in [2.45, 2.75) is 79.1 Å². The van der Waals surface area contributed by atoms with Gasteiger partial charge in [0.25, 0.3) is 12.4 Å². The number of benzene rings is 4. The van der Waals surface area contributed by atoms with Crippen LogP contribution in [0.2, 0.25) is 0 Å². The normalized spacial score (nSPS) is 12.7. The molecule has 0 amide bonds. The van der Waals surface area contributed by atoms with Gasteiger partial charge in [-0.15, -0.1) is 11.0 Å². The van der Waals surface area contributed by atoms with Crippen LogP contribution in [0.3, 0.4) is 0 Å². The molecule has 5 aromatic rings. The predicted molar refractivity (Wildman–Crippen MR) is 178 cm³/mol. The molecule has 0 saturated carbocycles. The molecule has 5 heteroatoms. The van der Waals surface area contributed by atoms with E-state index in [1.165, 1.54) is 45.8 Å². The zero-order valence-electron chi connectivity index (χ0n) is 27.0. The third kappa shape index (κ3) is 6.75. The SMILES string of the molecule is CC(C)c1cccc(C(C)C)c1[N+]1=C=[N+](c2c(C(C)C)cccc2C(C)C)C=C1.Fc1ccc2[n-]c3ccccc3c2c1.[Au+]. The van der Waals surface area contributed by atoms with Gasteiger partial charge in [0.2, 0.25) is 11.4 Å². The Hall–Kier alpha value is -3.53. The Morgan fingerprint density at radius 1 is 0.545 bits per heavy atom. The number of para-hydroxylation sites is 3. The smallest absolute Gasteiger partial charge is 0.657 e. The maximum atomic E-state index is 13.0. The van der Waals surface area contributed by atoms with Crippen LogP contribution >= 0.6 is 0 Å². The van der Waals surface area contributed by atoms with Gasteiger partial charge in [-0.1, -0.05) is 131 Å². The minimum absolute atomic E-state index is 0. The van der Waals surface area contributed by atoms with E-state index in [4.69, 9.17) is 0 Å². The summed E-state index contributed by atoms with van der Waals surface area (Å²) in [5.74, 6) is 1.63. The number of nitrogens with zero attached hydrogens (tertiary/aromatic N) is 3. The summed E-state index contributed by atoms with van der Waals surface area (Å²) in [6.07, 6.45) is 4.32. The largest absolute Gasteiger partial charge is 1.00 e. The number of aromatic nitrogens is 1. The fourth-order valence-electron chi connectivity index (χ4n) is 5.90. The van der Waals surface area contributed by atoms with Crippen LogP contribution in [0.4, 0.5) is 15.8 Å². The average Bonchev–Trinajstić information content (AvgIpc) is 3.61. The summed E-state index contributed by atoms with van der Waals surface area (Å²) in [6.45, 7) is 18.2. The van der Waals surface area contributed by atoms with Crippen molar-refractivity contribution in [2.24, 2.45) is 0 Å². The monoisotopic (exact) mass is 769 g/mol. The van der Waals surface area contributed by atoms with Gasteiger partial charge in [0, 0.05) is 22.3 Å². The van der Waals surface area contributed by atoms with E-state index in [1.54, 1.807) is 6.07 Å². The van der Waals surface area contributed by atoms with Crippen LogP contribution in [0, 0.1) is 5.82 Å². The Bertz CT molecular complexity index is 1750. The first-order valence-electron chi connectivity index (χ1n) is 15.5. The number of hydrogen-bond donors (Lipinski definition) is 0. The van der Waals surface area contributed by atoms with Gasteiger partial charge in [0.1, 0.15) is 5.82 Å². The summed E-state index contributed by atoms with van der Waals surface area (Å²) >= 11 is 0. The number of fused-ring (bicyclic) bond motifs is 3. The molecule has 1 aliphatic heterocycles. The second kappa shape index (κ2) is 14.1. The van der Waals surface area contributed by atoms with Gasteiger partial charge in [-0.25, -0.2) is 4.39 Å². The van der Waals surface area contributed by atoms with Gasteiger partial charge in [-0.05, 0) is 46.6 Å². The molecule has 0 radical (unpaired) electrons. The molecule has 44 heavy (non-hydrogen) atoms. The van der Waals surface area contributed by atoms with Crippen LogP contribution in [0.15, 0.2) is 91.3 Å². The summed E-state index contributed by atoms with van der Waals surface area (Å²) in [7, 11) is 0. The van der Waals surface area contributed by atoms with Crippen LogP contribution in [0.1, 0.15) is 101 Å². The van der Waals surface area contributed by atoms with Crippen molar-refractivity contribution in [3.05, 3.63) is 119 Å². The van der Waals surface area contributed by atoms with Crippen molar-refractivity contribution in [1.82, 2.24) is 4.98 Å². The molecular formula is C39H43AuFN3+2. The Morgan fingerprint density at radius 3 is 1.43 bits per heavy atom. The molecule has 0 fully saturated rings. The Labute approximate surface area is 277 Å². The second-order valence-corrected chi connectivity index (χ2v) is 12.6. The molecular weight excluding hydrogens is 726 g/mol. The van der Waals surface area contributed by atoms with E-state index in [0.717, 1.165) is 21.8 Å². The standard InChI is InChI=1S/C27H36N2.C12H7FN.Au/c1-18(2)22-11-9-12-23(19(3)4)26(22)28-15-16-29(17-28)27-24(20(5)6)13-10-14-25(27)21(7)8;13-8-5-6-12-10(7-8)9-3-1-2-4-11(9)14-12;/h9-16,18-21H,1-8H3;1-7H;/q+2;-1;+1. The average molecular weight is 770 g/mol. The van der Waals surface area contributed by atoms with Crippen molar-refractivity contribution in [2.75, 3.05) is 0 Å². The summed E-state index contributed by atoms with van der Waals surface area (Å²) in [5.41, 5.74) is 9.83. The van der Waals surface area contributed by atoms with E-state index >= 15 is 0 Å². The molecule has 0 aliphatic carbocycles. The van der Waals surface area contributed by atoms with Gasteiger partial charge in [0.15, 0.2) is 0 Å². The minimum Gasteiger partial charge on any atom is -0.657 e. The summed E-state index contributed by atoms with van der Waals surface area (Å²) < 4.78 is 17.4. The van der Waals surface area contributed by atoms with Crippen LogP contribution in [-0.2, 0) is 22.4 Å². The number of halogens is 1. The first kappa shape index (κ1) is 33.4. The molecule has 1 aliphatic rings. The Balaban J connectivity index is 0.000000244. The van der Waals surface area contributed by atoms with Gasteiger partial charge < -0.3 is 4.98 Å². The molecule has 3 nitrogen and oxygen atoms in total. The van der Waals surface area contributed by atoms with Gasteiger partial charge in [0.05, 0.1) is 0 Å². The van der Waals surface area contributed by atoms with Crippen LogP contribution in [-0.4, -0.2) is 15.2 Å². The van der Waals surface area contributed by atoms with Gasteiger partial charge in [-0.3, -0.25) is 0 Å². The van der Waals surface area contributed by atoms with Crippen LogP contribution < -0.4 is 4.98 Å². The summed E-state index contributed by atoms with van der Waals surface area (Å²) in [6, 6.07) is 29.5.